The number of hydrogen-bond acceptors (Lipinski definition) is 3. The Bertz CT molecular complexity index is 671. The number of aromatic nitrogens is 2. The number of aliphatic hydroxyl groups excluding tert-OH is 1. The second-order valence-corrected chi connectivity index (χ2v) is 6.27. The van der Waals surface area contributed by atoms with E-state index in [9.17, 15) is 4.79 Å². The average molecular weight is 336 g/mol. The van der Waals surface area contributed by atoms with Gasteiger partial charge in [-0.15, -0.1) is 0 Å². The van der Waals surface area contributed by atoms with E-state index in [1.807, 2.05) is 38.1 Å². The molecule has 2 N–H and O–H groups in total. The number of benzene rings is 1. The topological polar surface area (TPSA) is 67.2 Å². The van der Waals surface area contributed by atoms with Gasteiger partial charge in [-0.25, -0.2) is 0 Å². The molecule has 1 unspecified atom stereocenters. The van der Waals surface area contributed by atoms with Crippen LogP contribution in [0.25, 0.3) is 0 Å². The van der Waals surface area contributed by atoms with E-state index in [0.717, 1.165) is 12.0 Å². The molecule has 1 aromatic carbocycles. The third-order valence-corrected chi connectivity index (χ3v) is 4.41. The molecule has 6 heteroatoms. The lowest BCUT2D eigenvalue weighted by Gasteiger charge is -2.28. The molecule has 1 aromatic heterocycles. The molecular formula is C17H22ClN3O2. The molecule has 0 saturated heterocycles. The molecule has 2 aromatic rings. The van der Waals surface area contributed by atoms with E-state index in [1.54, 1.807) is 17.1 Å². The van der Waals surface area contributed by atoms with Crippen LogP contribution in [0.5, 0.6) is 0 Å². The first-order valence-corrected chi connectivity index (χ1v) is 8.04. The Hall–Kier alpha value is -1.85. The molecule has 23 heavy (non-hydrogen) atoms. The highest BCUT2D eigenvalue weighted by Crippen LogP contribution is 2.17. The van der Waals surface area contributed by atoms with Crippen molar-refractivity contribution in [2.45, 2.75) is 38.8 Å². The largest absolute Gasteiger partial charge is 0.396 e. The Morgan fingerprint density at radius 2 is 2.17 bits per heavy atom. The van der Waals surface area contributed by atoms with Crippen LogP contribution in [0.3, 0.4) is 0 Å². The van der Waals surface area contributed by atoms with E-state index < -0.39 is 5.54 Å². The summed E-state index contributed by atoms with van der Waals surface area (Å²) in [5, 5.41) is 17.0. The highest BCUT2D eigenvalue weighted by Gasteiger charge is 2.24. The molecule has 0 saturated carbocycles. The molecule has 2 rings (SSSR count). The summed E-state index contributed by atoms with van der Waals surface area (Å²) in [5.74, 6) is -0.187. The predicted octanol–water partition coefficient (Wildman–Crippen LogP) is 2.87. The maximum atomic E-state index is 12.4. The second-order valence-electron chi connectivity index (χ2n) is 5.86. The highest BCUT2D eigenvalue weighted by atomic mass is 35.5. The normalized spacial score (nSPS) is 13.6. The lowest BCUT2D eigenvalue weighted by molar-refractivity contribution is 0.0886. The Morgan fingerprint density at radius 3 is 2.83 bits per heavy atom. The smallest absolute Gasteiger partial charge is 0.254 e. The van der Waals surface area contributed by atoms with Gasteiger partial charge in [0.2, 0.25) is 0 Å². The van der Waals surface area contributed by atoms with Gasteiger partial charge in [0.15, 0.2) is 0 Å². The van der Waals surface area contributed by atoms with Crippen LogP contribution in [0.4, 0.5) is 0 Å². The van der Waals surface area contributed by atoms with Crippen molar-refractivity contribution in [3.05, 3.63) is 52.8 Å². The third kappa shape index (κ3) is 4.56. The lowest BCUT2D eigenvalue weighted by Crippen LogP contribution is -2.46. The standard InChI is InChI=1S/C17H22ClN3O2/c1-3-17(2,8-9-22)20-16(23)14-10-19-21(12-14)11-13-6-4-5-7-15(13)18/h4-7,10,12,22H,3,8-9,11H2,1-2H3,(H,20,23). The minimum absolute atomic E-state index is 0.0381. The van der Waals surface area contributed by atoms with Crippen molar-refractivity contribution in [1.29, 1.82) is 0 Å². The molecular weight excluding hydrogens is 314 g/mol. The van der Waals surface area contributed by atoms with E-state index in [-0.39, 0.29) is 12.5 Å². The third-order valence-electron chi connectivity index (χ3n) is 4.04. The van der Waals surface area contributed by atoms with Crippen molar-refractivity contribution in [3.8, 4) is 0 Å². The van der Waals surface area contributed by atoms with Crippen molar-refractivity contribution >= 4 is 17.5 Å². The number of carbonyl (C=O) groups excluding carboxylic acids is 1. The first-order valence-electron chi connectivity index (χ1n) is 7.66. The molecule has 0 aliphatic carbocycles. The van der Waals surface area contributed by atoms with E-state index in [2.05, 4.69) is 10.4 Å². The fourth-order valence-corrected chi connectivity index (χ4v) is 2.48. The first-order chi connectivity index (χ1) is 11.0. The van der Waals surface area contributed by atoms with Crippen LogP contribution in [0, 0.1) is 0 Å². The molecule has 1 amide bonds. The molecule has 0 aliphatic heterocycles. The van der Waals surface area contributed by atoms with Crippen LogP contribution in [0.2, 0.25) is 5.02 Å². The molecule has 0 aliphatic rings. The van der Waals surface area contributed by atoms with Crippen molar-refractivity contribution in [3.63, 3.8) is 0 Å². The number of nitrogens with zero attached hydrogens (tertiary/aromatic N) is 2. The van der Waals surface area contributed by atoms with Gasteiger partial charge in [-0.1, -0.05) is 36.7 Å². The molecule has 0 bridgehead atoms. The van der Waals surface area contributed by atoms with Gasteiger partial charge in [0, 0.05) is 23.4 Å². The summed E-state index contributed by atoms with van der Waals surface area (Å²) in [6.07, 6.45) is 4.50. The van der Waals surface area contributed by atoms with Crippen molar-refractivity contribution in [2.75, 3.05) is 6.61 Å². The fourth-order valence-electron chi connectivity index (χ4n) is 2.29. The van der Waals surface area contributed by atoms with Gasteiger partial charge in [0.05, 0.1) is 18.3 Å². The van der Waals surface area contributed by atoms with Crippen LogP contribution >= 0.6 is 11.6 Å². The molecule has 1 atom stereocenters. The summed E-state index contributed by atoms with van der Waals surface area (Å²) >= 11 is 6.14. The van der Waals surface area contributed by atoms with Gasteiger partial charge in [0.25, 0.3) is 5.91 Å². The number of nitrogens with one attached hydrogen (secondary N) is 1. The minimum Gasteiger partial charge on any atom is -0.396 e. The molecule has 0 fully saturated rings. The van der Waals surface area contributed by atoms with Crippen molar-refractivity contribution in [1.82, 2.24) is 15.1 Å². The maximum Gasteiger partial charge on any atom is 0.254 e. The Balaban J connectivity index is 2.07. The summed E-state index contributed by atoms with van der Waals surface area (Å²) in [6, 6.07) is 7.55. The molecule has 5 nitrogen and oxygen atoms in total. The summed E-state index contributed by atoms with van der Waals surface area (Å²) in [7, 11) is 0. The SMILES string of the molecule is CCC(C)(CCO)NC(=O)c1cnn(Cc2ccccc2Cl)c1. The summed E-state index contributed by atoms with van der Waals surface area (Å²) < 4.78 is 1.69. The molecule has 124 valence electrons. The number of hydrogen-bond donors (Lipinski definition) is 2. The zero-order chi connectivity index (χ0) is 16.9. The van der Waals surface area contributed by atoms with Gasteiger partial charge < -0.3 is 10.4 Å². The number of halogens is 1. The first kappa shape index (κ1) is 17.5. The molecule has 0 spiro atoms. The number of aliphatic hydroxyl groups is 1. The number of rotatable bonds is 7. The van der Waals surface area contributed by atoms with E-state index in [4.69, 9.17) is 16.7 Å². The van der Waals surface area contributed by atoms with Gasteiger partial charge in [0.1, 0.15) is 0 Å². The Morgan fingerprint density at radius 1 is 1.43 bits per heavy atom. The van der Waals surface area contributed by atoms with Crippen LogP contribution in [-0.2, 0) is 6.54 Å². The van der Waals surface area contributed by atoms with Crippen LogP contribution < -0.4 is 5.32 Å². The van der Waals surface area contributed by atoms with Crippen LogP contribution in [0.1, 0.15) is 42.6 Å². The zero-order valence-electron chi connectivity index (χ0n) is 13.4. The monoisotopic (exact) mass is 335 g/mol. The van der Waals surface area contributed by atoms with E-state index >= 15 is 0 Å². The summed E-state index contributed by atoms with van der Waals surface area (Å²) in [4.78, 5) is 12.4. The van der Waals surface area contributed by atoms with Crippen LogP contribution in [0.15, 0.2) is 36.7 Å². The lowest BCUT2D eigenvalue weighted by atomic mass is 9.94. The molecule has 1 heterocycles. The van der Waals surface area contributed by atoms with Crippen LogP contribution in [-0.4, -0.2) is 32.9 Å². The number of carbonyl (C=O) groups is 1. The predicted molar refractivity (Wildman–Crippen MR) is 90.6 cm³/mol. The van der Waals surface area contributed by atoms with Gasteiger partial charge in [-0.2, -0.15) is 5.10 Å². The second kappa shape index (κ2) is 7.62. The van der Waals surface area contributed by atoms with Gasteiger partial charge in [-0.05, 0) is 31.4 Å². The summed E-state index contributed by atoms with van der Waals surface area (Å²) in [5.41, 5.74) is 1.02. The van der Waals surface area contributed by atoms with Gasteiger partial charge in [-0.3, -0.25) is 9.48 Å². The number of amides is 1. The minimum atomic E-state index is -0.420. The van der Waals surface area contributed by atoms with E-state index in [1.165, 1.54) is 0 Å². The van der Waals surface area contributed by atoms with E-state index in [0.29, 0.717) is 23.6 Å². The summed E-state index contributed by atoms with van der Waals surface area (Å²) in [6.45, 7) is 4.46. The molecule has 0 radical (unpaired) electrons. The average Bonchev–Trinajstić information content (AvgIpc) is 2.98. The van der Waals surface area contributed by atoms with Crippen molar-refractivity contribution < 1.29 is 9.90 Å². The fraction of sp³-hybridized carbons (Fsp3) is 0.412. The quantitative estimate of drug-likeness (QED) is 0.817. The Kier molecular flexibility index (Phi) is 5.80. The zero-order valence-corrected chi connectivity index (χ0v) is 14.2. The Labute approximate surface area is 141 Å². The van der Waals surface area contributed by atoms with Gasteiger partial charge >= 0.3 is 0 Å². The highest BCUT2D eigenvalue weighted by molar-refractivity contribution is 6.31. The maximum absolute atomic E-state index is 12.4. The van der Waals surface area contributed by atoms with Crippen molar-refractivity contribution in [2.24, 2.45) is 0 Å².